The first kappa shape index (κ1) is 31.2. The van der Waals surface area contributed by atoms with E-state index in [9.17, 15) is 14.4 Å². The van der Waals surface area contributed by atoms with E-state index in [2.05, 4.69) is 24.1 Å². The van der Waals surface area contributed by atoms with Crippen LogP contribution in [0.1, 0.15) is 97.7 Å². The molecule has 3 unspecified atom stereocenters. The smallest absolute Gasteiger partial charge is 0.408 e. The van der Waals surface area contributed by atoms with Gasteiger partial charge in [-0.05, 0) is 56.7 Å². The molecule has 0 fully saturated rings. The Hall–Kier alpha value is -2.83. The van der Waals surface area contributed by atoms with E-state index >= 15 is 0 Å². The average molecular weight is 502 g/mol. The molecule has 0 radical (unpaired) electrons. The molecule has 7 heteroatoms. The van der Waals surface area contributed by atoms with Gasteiger partial charge in [-0.25, -0.2) is 4.79 Å². The van der Waals surface area contributed by atoms with Crippen LogP contribution in [-0.2, 0) is 14.3 Å². The molecular weight excluding hydrogens is 454 g/mol. The maximum atomic E-state index is 14.1. The summed E-state index contributed by atoms with van der Waals surface area (Å²) >= 11 is 0. The third-order valence-electron chi connectivity index (χ3n) is 6.04. The first-order valence-corrected chi connectivity index (χ1v) is 13.3. The molecule has 3 amide bonds. The minimum absolute atomic E-state index is 0.155. The number of nitrogens with one attached hydrogen (secondary N) is 2. The van der Waals surface area contributed by atoms with Gasteiger partial charge in [-0.3, -0.25) is 9.59 Å². The lowest BCUT2D eigenvalue weighted by molar-refractivity contribution is -0.143. The predicted molar refractivity (Wildman–Crippen MR) is 146 cm³/mol. The molecule has 1 rings (SSSR count). The van der Waals surface area contributed by atoms with Gasteiger partial charge in [-0.1, -0.05) is 77.8 Å². The van der Waals surface area contributed by atoms with E-state index in [1.807, 2.05) is 45.0 Å². The highest BCUT2D eigenvalue weighted by atomic mass is 16.6. The van der Waals surface area contributed by atoms with E-state index in [1.165, 1.54) is 0 Å². The summed E-state index contributed by atoms with van der Waals surface area (Å²) < 4.78 is 5.45. The fourth-order valence-electron chi connectivity index (χ4n) is 3.81. The number of alkyl carbamates (subject to hydrolysis) is 1. The molecule has 0 aromatic heterocycles. The summed E-state index contributed by atoms with van der Waals surface area (Å²) in [6.07, 6.45) is 5.13. The summed E-state index contributed by atoms with van der Waals surface area (Å²) in [6, 6.07) is 5.88. The van der Waals surface area contributed by atoms with Crippen LogP contribution in [0.15, 0.2) is 30.8 Å². The van der Waals surface area contributed by atoms with Crippen LogP contribution in [0.4, 0.5) is 4.79 Å². The fraction of sp³-hybridized carbons (Fsp3) is 0.621. The molecule has 1 aromatic carbocycles. The van der Waals surface area contributed by atoms with Gasteiger partial charge in [0.1, 0.15) is 17.7 Å². The number of nitrogens with zero attached hydrogens (tertiary/aromatic N) is 1. The summed E-state index contributed by atoms with van der Waals surface area (Å²) in [5.41, 5.74) is 0.889. The van der Waals surface area contributed by atoms with Gasteiger partial charge in [0.05, 0.1) is 0 Å². The van der Waals surface area contributed by atoms with Crippen LogP contribution in [0.5, 0.6) is 0 Å². The normalized spacial score (nSPS) is 13.8. The van der Waals surface area contributed by atoms with E-state index < -0.39 is 23.8 Å². The Kier molecular flexibility index (Phi) is 13.3. The van der Waals surface area contributed by atoms with Crippen LogP contribution in [0.25, 0.3) is 6.08 Å². The maximum absolute atomic E-state index is 14.1. The second-order valence-corrected chi connectivity index (χ2v) is 10.3. The monoisotopic (exact) mass is 501 g/mol. The molecule has 0 bridgehead atoms. The van der Waals surface area contributed by atoms with Crippen LogP contribution < -0.4 is 10.6 Å². The molecule has 0 aliphatic carbocycles. The van der Waals surface area contributed by atoms with E-state index in [1.54, 1.807) is 31.7 Å². The number of amides is 3. The van der Waals surface area contributed by atoms with Gasteiger partial charge in [-0.15, -0.1) is 0 Å². The molecule has 7 nitrogen and oxygen atoms in total. The number of ether oxygens (including phenoxy) is 1. The van der Waals surface area contributed by atoms with E-state index in [0.717, 1.165) is 31.2 Å². The quantitative estimate of drug-likeness (QED) is 0.313. The average Bonchev–Trinajstić information content (AvgIpc) is 2.83. The van der Waals surface area contributed by atoms with E-state index in [-0.39, 0.29) is 17.7 Å². The van der Waals surface area contributed by atoms with Crippen molar-refractivity contribution in [1.82, 2.24) is 15.5 Å². The highest BCUT2D eigenvalue weighted by Gasteiger charge is 2.37. The van der Waals surface area contributed by atoms with Crippen molar-refractivity contribution < 1.29 is 19.1 Å². The number of hydrogen-bond donors (Lipinski definition) is 2. The summed E-state index contributed by atoms with van der Waals surface area (Å²) in [6.45, 7) is 18.1. The molecule has 0 aliphatic rings. The number of carbonyl (C=O) groups is 3. The van der Waals surface area contributed by atoms with Crippen LogP contribution in [0.2, 0.25) is 0 Å². The molecule has 3 atom stereocenters. The molecule has 0 spiro atoms. The zero-order chi connectivity index (χ0) is 27.3. The van der Waals surface area contributed by atoms with Crippen LogP contribution >= 0.6 is 0 Å². The third kappa shape index (κ3) is 10.0. The number of benzene rings is 1. The lowest BCUT2D eigenvalue weighted by Crippen LogP contribution is -2.55. The third-order valence-corrected chi connectivity index (χ3v) is 6.04. The van der Waals surface area contributed by atoms with E-state index in [0.29, 0.717) is 25.1 Å². The molecule has 0 saturated carbocycles. The Labute approximate surface area is 218 Å². The summed E-state index contributed by atoms with van der Waals surface area (Å²) in [7, 11) is 0. The van der Waals surface area contributed by atoms with Crippen molar-refractivity contribution in [3.05, 3.63) is 42.0 Å². The van der Waals surface area contributed by atoms with Crippen molar-refractivity contribution in [3.8, 4) is 0 Å². The summed E-state index contributed by atoms with van der Waals surface area (Å²) in [4.78, 5) is 42.0. The molecule has 1 aromatic rings. The first-order valence-electron chi connectivity index (χ1n) is 13.3. The molecule has 2 N–H and O–H groups in total. The Balaban J connectivity index is 3.49. The van der Waals surface area contributed by atoms with Crippen molar-refractivity contribution >= 4 is 24.0 Å². The van der Waals surface area contributed by atoms with Gasteiger partial charge in [0.25, 0.3) is 0 Å². The van der Waals surface area contributed by atoms with Crippen molar-refractivity contribution in [1.29, 1.82) is 0 Å². The van der Waals surface area contributed by atoms with Gasteiger partial charge < -0.3 is 20.3 Å². The van der Waals surface area contributed by atoms with Crippen LogP contribution in [0, 0.1) is 5.92 Å². The highest BCUT2D eigenvalue weighted by molar-refractivity contribution is 5.92. The van der Waals surface area contributed by atoms with Gasteiger partial charge >= 0.3 is 6.09 Å². The Morgan fingerprint density at radius 2 is 1.78 bits per heavy atom. The van der Waals surface area contributed by atoms with Gasteiger partial charge in [-0.2, -0.15) is 0 Å². The van der Waals surface area contributed by atoms with E-state index in [4.69, 9.17) is 4.74 Å². The molecule has 0 heterocycles. The standard InChI is InChI=1S/C29H47N3O4/c1-9-13-18-30-26(33)25(23-17-15-16-22(12-4)20-23)32(19-14-10-2)27(34)24(21(5)11-3)31-28(35)36-29(6,7)8/h12,15-17,20-21,24-25H,4,9-11,13-14,18-19H2,1-3,5-8H3,(H,30,33)(H,31,35). The Morgan fingerprint density at radius 3 is 2.33 bits per heavy atom. The second-order valence-electron chi connectivity index (χ2n) is 10.3. The minimum atomic E-state index is -0.826. The topological polar surface area (TPSA) is 87.7 Å². The van der Waals surface area contributed by atoms with Crippen molar-refractivity contribution in [2.24, 2.45) is 5.92 Å². The summed E-state index contributed by atoms with van der Waals surface area (Å²) in [5.74, 6) is -0.671. The minimum Gasteiger partial charge on any atom is -0.444 e. The Bertz CT molecular complexity index is 862. The summed E-state index contributed by atoms with van der Waals surface area (Å²) in [5, 5.41) is 5.82. The number of unbranched alkanes of at least 4 members (excludes halogenated alkanes) is 2. The van der Waals surface area contributed by atoms with Gasteiger partial charge in [0.15, 0.2) is 0 Å². The zero-order valence-corrected chi connectivity index (χ0v) is 23.4. The number of hydrogen-bond acceptors (Lipinski definition) is 4. The molecule has 36 heavy (non-hydrogen) atoms. The van der Waals surface area contributed by atoms with Gasteiger partial charge in [0.2, 0.25) is 11.8 Å². The number of carbonyl (C=O) groups excluding carboxylic acids is 3. The molecule has 0 saturated heterocycles. The highest BCUT2D eigenvalue weighted by Crippen LogP contribution is 2.26. The lowest BCUT2D eigenvalue weighted by atomic mass is 9.95. The van der Waals surface area contributed by atoms with Crippen molar-refractivity contribution in [2.75, 3.05) is 13.1 Å². The van der Waals surface area contributed by atoms with Gasteiger partial charge in [0, 0.05) is 13.1 Å². The maximum Gasteiger partial charge on any atom is 0.408 e. The van der Waals surface area contributed by atoms with Crippen molar-refractivity contribution in [2.45, 2.75) is 98.3 Å². The predicted octanol–water partition coefficient (Wildman–Crippen LogP) is 5.86. The Morgan fingerprint density at radius 1 is 1.11 bits per heavy atom. The molecule has 202 valence electrons. The molecule has 0 aliphatic heterocycles. The zero-order valence-electron chi connectivity index (χ0n) is 23.4. The molecular formula is C29H47N3O4. The second kappa shape index (κ2) is 15.3. The number of rotatable bonds is 14. The fourth-order valence-corrected chi connectivity index (χ4v) is 3.81. The lowest BCUT2D eigenvalue weighted by Gasteiger charge is -2.36. The van der Waals surface area contributed by atoms with Crippen LogP contribution in [0.3, 0.4) is 0 Å². The van der Waals surface area contributed by atoms with Crippen molar-refractivity contribution in [3.63, 3.8) is 0 Å². The largest absolute Gasteiger partial charge is 0.444 e. The van der Waals surface area contributed by atoms with Crippen LogP contribution in [-0.4, -0.2) is 47.5 Å². The SMILES string of the molecule is C=Cc1cccc(C(C(=O)NCCCC)N(CCCC)C(=O)C(NC(=O)OC(C)(C)C)C(C)CC)c1. The first-order chi connectivity index (χ1) is 17.0.